The minimum absolute atomic E-state index is 0.248. The quantitative estimate of drug-likeness (QED) is 0.450. The van der Waals surface area contributed by atoms with Gasteiger partial charge in [0.2, 0.25) is 12.5 Å². The van der Waals surface area contributed by atoms with E-state index in [-0.39, 0.29) is 12.4 Å². The molecule has 0 radical (unpaired) electrons. The molecule has 1 aromatic heterocycles. The van der Waals surface area contributed by atoms with Gasteiger partial charge in [-0.05, 0) is 52.9 Å². The third kappa shape index (κ3) is 3.37. The number of aryl methyl sites for hydroxylation is 2. The topological polar surface area (TPSA) is 78.1 Å². The summed E-state index contributed by atoms with van der Waals surface area (Å²) in [5.41, 5.74) is 4.64. The predicted molar refractivity (Wildman–Crippen MR) is 124 cm³/mol. The second kappa shape index (κ2) is 7.95. The van der Waals surface area contributed by atoms with E-state index < -0.39 is 5.97 Å². The number of hydrogen-bond donors (Lipinski definition) is 1. The highest BCUT2D eigenvalue weighted by atomic mass is 16.7. The molecule has 1 N–H and O–H groups in total. The van der Waals surface area contributed by atoms with Crippen LogP contribution in [0.15, 0.2) is 60.8 Å². The van der Waals surface area contributed by atoms with Crippen molar-refractivity contribution in [2.45, 2.75) is 19.6 Å². The van der Waals surface area contributed by atoms with Crippen LogP contribution < -0.4 is 23.5 Å². The van der Waals surface area contributed by atoms with Gasteiger partial charge in [0.1, 0.15) is 6.61 Å². The molecule has 170 valence electrons. The fourth-order valence-corrected chi connectivity index (χ4v) is 4.61. The summed E-state index contributed by atoms with van der Waals surface area (Å²) in [6.45, 7) is 1.39. The van der Waals surface area contributed by atoms with E-state index in [1.807, 2.05) is 12.1 Å². The third-order valence-electron chi connectivity index (χ3n) is 6.38. The van der Waals surface area contributed by atoms with Gasteiger partial charge in [0, 0.05) is 12.5 Å². The zero-order valence-corrected chi connectivity index (χ0v) is 18.5. The lowest BCUT2D eigenvalue weighted by atomic mass is 9.95. The first kappa shape index (κ1) is 20.4. The number of nitrogens with zero attached hydrogens (tertiary/aromatic N) is 1. The summed E-state index contributed by atoms with van der Waals surface area (Å²) < 4.78 is 25.2. The van der Waals surface area contributed by atoms with Crippen LogP contribution in [-0.4, -0.2) is 25.0 Å². The van der Waals surface area contributed by atoms with E-state index in [1.165, 1.54) is 5.56 Å². The first-order chi connectivity index (χ1) is 16.6. The average molecular weight is 456 g/mol. The maximum absolute atomic E-state index is 11.1. The molecular weight excluding hydrogens is 434 g/mol. The smallest absolute Gasteiger partial charge is 0.335 e. The first-order valence-corrected chi connectivity index (χ1v) is 11.0. The van der Waals surface area contributed by atoms with Crippen molar-refractivity contribution >= 4 is 16.7 Å². The van der Waals surface area contributed by atoms with Crippen LogP contribution in [0.1, 0.15) is 21.5 Å². The zero-order valence-electron chi connectivity index (χ0n) is 18.5. The Balaban J connectivity index is 1.39. The predicted octanol–water partition coefficient (Wildman–Crippen LogP) is 4.36. The third-order valence-corrected chi connectivity index (χ3v) is 6.38. The van der Waals surface area contributed by atoms with Gasteiger partial charge in [0.05, 0.1) is 23.6 Å². The lowest BCUT2D eigenvalue weighted by Crippen LogP contribution is -2.40. The molecule has 0 saturated heterocycles. The number of ether oxygens (including phenoxy) is 4. The molecule has 3 heterocycles. The minimum atomic E-state index is -0.949. The van der Waals surface area contributed by atoms with Gasteiger partial charge in [0.15, 0.2) is 35.7 Å². The first-order valence-electron chi connectivity index (χ1n) is 11.0. The molecule has 0 bridgehead atoms. The Hall–Kier alpha value is -4.26. The summed E-state index contributed by atoms with van der Waals surface area (Å²) in [5.74, 6) is 1.95. The van der Waals surface area contributed by atoms with Gasteiger partial charge in [-0.1, -0.05) is 12.1 Å². The van der Waals surface area contributed by atoms with Crippen molar-refractivity contribution in [3.63, 3.8) is 0 Å². The second-order valence-corrected chi connectivity index (χ2v) is 8.36. The maximum atomic E-state index is 11.1. The van der Waals surface area contributed by atoms with E-state index in [0.29, 0.717) is 18.1 Å². The number of methoxy groups -OCH3 is 1. The SMILES string of the molecule is COc1ccc2cc3[n+](cc2c1OCc1ccc(C(=O)O)cc1)CCc1cc2c(cc1-3)OCO2. The summed E-state index contributed by atoms with van der Waals surface area (Å²) in [6, 6.07) is 16.9. The van der Waals surface area contributed by atoms with Crippen LogP contribution >= 0.6 is 0 Å². The summed E-state index contributed by atoms with van der Waals surface area (Å²) in [6.07, 6.45) is 3.01. The molecule has 4 aromatic rings. The summed E-state index contributed by atoms with van der Waals surface area (Å²) in [5, 5.41) is 11.1. The van der Waals surface area contributed by atoms with Crippen LogP contribution in [0.25, 0.3) is 22.0 Å². The average Bonchev–Trinajstić information content (AvgIpc) is 3.32. The molecule has 7 nitrogen and oxygen atoms in total. The molecule has 0 spiro atoms. The molecule has 0 saturated carbocycles. The molecule has 6 rings (SSSR count). The van der Waals surface area contributed by atoms with E-state index in [4.69, 9.17) is 24.1 Å². The molecule has 2 aliphatic rings. The second-order valence-electron chi connectivity index (χ2n) is 8.36. The van der Waals surface area contributed by atoms with Crippen LogP contribution in [0.4, 0.5) is 0 Å². The number of benzene rings is 3. The lowest BCUT2D eigenvalue weighted by Gasteiger charge is -2.18. The molecule has 0 fully saturated rings. The van der Waals surface area contributed by atoms with Crippen LogP contribution in [0, 0.1) is 0 Å². The Morgan fingerprint density at radius 2 is 1.85 bits per heavy atom. The van der Waals surface area contributed by atoms with Gasteiger partial charge in [-0.2, -0.15) is 4.57 Å². The zero-order chi connectivity index (χ0) is 23.2. The molecule has 0 amide bonds. The van der Waals surface area contributed by atoms with E-state index in [0.717, 1.165) is 52.1 Å². The largest absolute Gasteiger partial charge is 0.493 e. The Morgan fingerprint density at radius 3 is 2.62 bits per heavy atom. The molecular formula is C27H22NO6+. The van der Waals surface area contributed by atoms with Crippen molar-refractivity contribution in [3.05, 3.63) is 77.5 Å². The van der Waals surface area contributed by atoms with Crippen molar-refractivity contribution in [2.24, 2.45) is 0 Å². The molecule has 34 heavy (non-hydrogen) atoms. The van der Waals surface area contributed by atoms with E-state index in [2.05, 4.69) is 29.0 Å². The number of carboxylic acid groups (broad SMARTS) is 1. The van der Waals surface area contributed by atoms with Crippen molar-refractivity contribution in [1.29, 1.82) is 0 Å². The molecule has 2 aliphatic heterocycles. The summed E-state index contributed by atoms with van der Waals surface area (Å²) in [7, 11) is 1.63. The Kier molecular flexibility index (Phi) is 4.76. The van der Waals surface area contributed by atoms with Crippen molar-refractivity contribution in [2.75, 3.05) is 13.9 Å². The highest BCUT2D eigenvalue weighted by Gasteiger charge is 2.28. The van der Waals surface area contributed by atoms with Crippen LogP contribution in [0.5, 0.6) is 23.0 Å². The van der Waals surface area contributed by atoms with Crippen molar-refractivity contribution in [3.8, 4) is 34.3 Å². The monoisotopic (exact) mass is 456 g/mol. The lowest BCUT2D eigenvalue weighted by molar-refractivity contribution is -0.686. The normalized spacial score (nSPS) is 13.3. The molecule has 7 heteroatoms. The molecule has 3 aromatic carbocycles. The number of hydrogen-bond acceptors (Lipinski definition) is 5. The van der Waals surface area contributed by atoms with Gasteiger partial charge < -0.3 is 24.1 Å². The van der Waals surface area contributed by atoms with E-state index in [1.54, 1.807) is 31.4 Å². The highest BCUT2D eigenvalue weighted by Crippen LogP contribution is 2.41. The van der Waals surface area contributed by atoms with E-state index >= 15 is 0 Å². The van der Waals surface area contributed by atoms with Crippen molar-refractivity contribution in [1.82, 2.24) is 0 Å². The number of aromatic carboxylic acids is 1. The van der Waals surface area contributed by atoms with Gasteiger partial charge in [0.25, 0.3) is 0 Å². The number of aromatic nitrogens is 1. The van der Waals surface area contributed by atoms with Crippen LogP contribution in [0.2, 0.25) is 0 Å². The van der Waals surface area contributed by atoms with Crippen molar-refractivity contribution < 1.29 is 33.4 Å². The number of pyridine rings is 1. The maximum Gasteiger partial charge on any atom is 0.335 e. The Morgan fingerprint density at radius 1 is 1.06 bits per heavy atom. The molecule has 0 aliphatic carbocycles. The van der Waals surface area contributed by atoms with Gasteiger partial charge in [-0.3, -0.25) is 0 Å². The fraction of sp³-hybridized carbons (Fsp3) is 0.185. The Labute approximate surface area is 195 Å². The van der Waals surface area contributed by atoms with Crippen LogP contribution in [-0.2, 0) is 19.6 Å². The summed E-state index contributed by atoms with van der Waals surface area (Å²) >= 11 is 0. The number of carboxylic acids is 1. The van der Waals surface area contributed by atoms with Crippen LogP contribution in [0.3, 0.4) is 0 Å². The standard InChI is InChI=1S/C27H21NO6/c1-31-23-7-6-18-10-22-20-12-25-24(33-15-34-25)11-19(20)8-9-28(22)13-21(18)26(23)32-14-16-2-4-17(5-3-16)27(29)30/h2-7,10-13H,8-9,14-15H2,1H3/p+1. The fourth-order valence-electron chi connectivity index (χ4n) is 4.61. The number of fused-ring (bicyclic) bond motifs is 5. The molecule has 0 unspecified atom stereocenters. The van der Waals surface area contributed by atoms with Gasteiger partial charge >= 0.3 is 5.97 Å². The minimum Gasteiger partial charge on any atom is -0.493 e. The van der Waals surface area contributed by atoms with E-state index in [9.17, 15) is 4.79 Å². The molecule has 0 atom stereocenters. The summed E-state index contributed by atoms with van der Waals surface area (Å²) in [4.78, 5) is 11.1. The number of rotatable bonds is 5. The highest BCUT2D eigenvalue weighted by molar-refractivity contribution is 5.92. The number of carbonyl (C=O) groups is 1. The Bertz CT molecular complexity index is 1440. The van der Waals surface area contributed by atoms with Gasteiger partial charge in [-0.25, -0.2) is 4.79 Å². The van der Waals surface area contributed by atoms with Gasteiger partial charge in [-0.15, -0.1) is 0 Å².